The molecule has 1 aliphatic heterocycles. The van der Waals surface area contributed by atoms with Crippen molar-refractivity contribution in [3.8, 4) is 11.5 Å². The van der Waals surface area contributed by atoms with Crippen LogP contribution in [0, 0.1) is 6.92 Å². The lowest BCUT2D eigenvalue weighted by molar-refractivity contribution is -0.136. The molecule has 1 atom stereocenters. The van der Waals surface area contributed by atoms with Crippen molar-refractivity contribution in [1.29, 1.82) is 0 Å². The number of hydrogen-bond acceptors (Lipinski definition) is 6. The number of allylic oxidation sites excluding steroid dienone is 2. The predicted octanol–water partition coefficient (Wildman–Crippen LogP) is 5.32. The minimum Gasteiger partial charge on any atom is -0.493 e. The zero-order valence-corrected chi connectivity index (χ0v) is 20.7. The molecule has 0 bridgehead atoms. The summed E-state index contributed by atoms with van der Waals surface area (Å²) in [6, 6.07) is 21.1. The first-order valence-electron chi connectivity index (χ1n) is 11.7. The number of fused-ring (bicyclic) bond motifs is 2. The molecule has 6 nitrogen and oxygen atoms in total. The largest absolute Gasteiger partial charge is 0.493 e. The molecule has 182 valence electrons. The molecule has 0 saturated heterocycles. The minimum absolute atomic E-state index is 0.106. The van der Waals surface area contributed by atoms with Gasteiger partial charge in [-0.3, -0.25) is 4.79 Å². The summed E-state index contributed by atoms with van der Waals surface area (Å²) in [6.45, 7) is 4.25. The second-order valence-corrected chi connectivity index (χ2v) is 8.94. The van der Waals surface area contributed by atoms with Gasteiger partial charge in [-0.2, -0.15) is 0 Å². The van der Waals surface area contributed by atoms with Crippen LogP contribution in [0.15, 0.2) is 83.6 Å². The third kappa shape index (κ3) is 3.94. The van der Waals surface area contributed by atoms with E-state index < -0.39 is 11.9 Å². The molecular formula is C30H27NO5. The average molecular weight is 482 g/mol. The fraction of sp³-hybridized carbons (Fsp3) is 0.200. The number of carbonyl (C=O) groups excluding carboxylic acids is 2. The molecule has 0 aromatic heterocycles. The zero-order valence-electron chi connectivity index (χ0n) is 20.7. The number of benzene rings is 3. The monoisotopic (exact) mass is 481 g/mol. The maximum absolute atomic E-state index is 13.6. The van der Waals surface area contributed by atoms with E-state index in [1.165, 1.54) is 7.11 Å². The molecule has 36 heavy (non-hydrogen) atoms. The zero-order chi connectivity index (χ0) is 25.4. The first-order chi connectivity index (χ1) is 17.4. The highest BCUT2D eigenvalue weighted by Gasteiger charge is 2.43. The molecule has 1 N–H and O–H groups in total. The second-order valence-electron chi connectivity index (χ2n) is 8.94. The van der Waals surface area contributed by atoms with Crippen molar-refractivity contribution >= 4 is 17.4 Å². The summed E-state index contributed by atoms with van der Waals surface area (Å²) in [5, 5.41) is 3.29. The van der Waals surface area contributed by atoms with E-state index in [1.807, 2.05) is 74.5 Å². The van der Waals surface area contributed by atoms with Crippen LogP contribution in [-0.4, -0.2) is 26.0 Å². The number of rotatable bonds is 6. The van der Waals surface area contributed by atoms with E-state index >= 15 is 0 Å². The molecule has 0 unspecified atom stereocenters. The average Bonchev–Trinajstić information content (AvgIpc) is 3.17. The van der Waals surface area contributed by atoms with E-state index in [4.69, 9.17) is 14.2 Å². The Morgan fingerprint density at radius 3 is 2.42 bits per heavy atom. The summed E-state index contributed by atoms with van der Waals surface area (Å²) >= 11 is 0. The highest BCUT2D eigenvalue weighted by Crippen LogP contribution is 2.47. The van der Waals surface area contributed by atoms with Gasteiger partial charge in [0.05, 0.1) is 25.5 Å². The van der Waals surface area contributed by atoms with Crippen LogP contribution in [0.1, 0.15) is 45.5 Å². The van der Waals surface area contributed by atoms with Crippen LogP contribution < -0.4 is 14.8 Å². The number of aryl methyl sites for hydroxylation is 1. The van der Waals surface area contributed by atoms with Crippen LogP contribution in [0.3, 0.4) is 0 Å². The Morgan fingerprint density at radius 2 is 1.69 bits per heavy atom. The molecule has 0 fully saturated rings. The number of methoxy groups -OCH3 is 2. The number of ether oxygens (including phenoxy) is 3. The smallest absolute Gasteiger partial charge is 0.336 e. The maximum atomic E-state index is 13.6. The van der Waals surface area contributed by atoms with Gasteiger partial charge in [-0.05, 0) is 37.1 Å². The lowest BCUT2D eigenvalue weighted by atomic mass is 9.79. The van der Waals surface area contributed by atoms with Crippen molar-refractivity contribution in [3.05, 3.63) is 111 Å². The van der Waals surface area contributed by atoms with Gasteiger partial charge in [0, 0.05) is 28.3 Å². The molecule has 5 rings (SSSR count). The van der Waals surface area contributed by atoms with Crippen molar-refractivity contribution in [2.45, 2.75) is 26.4 Å². The fourth-order valence-corrected chi connectivity index (χ4v) is 4.99. The Hall–Kier alpha value is -4.32. The van der Waals surface area contributed by atoms with Gasteiger partial charge >= 0.3 is 5.97 Å². The van der Waals surface area contributed by atoms with Crippen LogP contribution in [0.2, 0.25) is 0 Å². The molecule has 2 aliphatic rings. The summed E-state index contributed by atoms with van der Waals surface area (Å²) < 4.78 is 16.9. The van der Waals surface area contributed by atoms with Crippen molar-refractivity contribution in [1.82, 2.24) is 5.32 Å². The lowest BCUT2D eigenvalue weighted by Gasteiger charge is -2.29. The van der Waals surface area contributed by atoms with E-state index in [9.17, 15) is 9.59 Å². The Bertz CT molecular complexity index is 1450. The van der Waals surface area contributed by atoms with Crippen LogP contribution in [-0.2, 0) is 16.1 Å². The Morgan fingerprint density at radius 1 is 0.917 bits per heavy atom. The predicted molar refractivity (Wildman–Crippen MR) is 137 cm³/mol. The Labute approximate surface area is 210 Å². The van der Waals surface area contributed by atoms with Crippen LogP contribution >= 0.6 is 0 Å². The van der Waals surface area contributed by atoms with E-state index in [0.717, 1.165) is 28.0 Å². The van der Waals surface area contributed by atoms with Crippen LogP contribution in [0.5, 0.6) is 11.5 Å². The number of hydrogen-bond donors (Lipinski definition) is 1. The molecule has 6 heteroatoms. The van der Waals surface area contributed by atoms with Gasteiger partial charge in [0.25, 0.3) is 0 Å². The number of ketones is 1. The second kappa shape index (κ2) is 9.38. The molecule has 0 saturated carbocycles. The van der Waals surface area contributed by atoms with Crippen molar-refractivity contribution in [2.75, 3.05) is 14.2 Å². The molecular weight excluding hydrogens is 454 g/mol. The van der Waals surface area contributed by atoms with Crippen molar-refractivity contribution in [2.24, 2.45) is 0 Å². The summed E-state index contributed by atoms with van der Waals surface area (Å²) in [4.78, 5) is 26.5. The maximum Gasteiger partial charge on any atom is 0.336 e. The summed E-state index contributed by atoms with van der Waals surface area (Å²) in [5.74, 6) is -0.115. The van der Waals surface area contributed by atoms with Gasteiger partial charge in [-0.15, -0.1) is 0 Å². The third-order valence-corrected chi connectivity index (χ3v) is 6.65. The lowest BCUT2D eigenvalue weighted by Crippen LogP contribution is -2.29. The number of Topliss-reactive ketones (excluding diaryl/α,β-unsaturated/α-hetero) is 1. The van der Waals surface area contributed by atoms with Gasteiger partial charge in [0.15, 0.2) is 17.3 Å². The first kappa shape index (κ1) is 23.4. The van der Waals surface area contributed by atoms with Gasteiger partial charge in [0.2, 0.25) is 0 Å². The van der Waals surface area contributed by atoms with Crippen LogP contribution in [0.4, 0.5) is 0 Å². The third-order valence-electron chi connectivity index (χ3n) is 6.65. The topological polar surface area (TPSA) is 73.9 Å². The summed E-state index contributed by atoms with van der Waals surface area (Å²) in [7, 11) is 2.92. The van der Waals surface area contributed by atoms with E-state index in [-0.39, 0.29) is 5.78 Å². The molecule has 3 aromatic rings. The Kier molecular flexibility index (Phi) is 6.10. The van der Waals surface area contributed by atoms with E-state index in [1.54, 1.807) is 7.11 Å². The molecule has 0 spiro atoms. The number of dihydropyridines is 1. The standard InChI is InChI=1S/C30H27NO5/c1-17-8-7-9-19(14-17)16-36-23-13-12-20(15-24(23)34-3)26-25(30(33)35-4)18(2)31-28-21-10-5-6-11-22(21)29(32)27(26)28/h5-15,26,31H,16H2,1-4H3/t26-/m1/s1. The number of nitrogens with one attached hydrogen (secondary N) is 1. The quantitative estimate of drug-likeness (QED) is 0.480. The van der Waals surface area contributed by atoms with E-state index in [2.05, 4.69) is 11.4 Å². The van der Waals surface area contributed by atoms with Gasteiger partial charge in [-0.1, -0.05) is 60.2 Å². The van der Waals surface area contributed by atoms with Crippen molar-refractivity contribution < 1.29 is 23.8 Å². The first-order valence-corrected chi connectivity index (χ1v) is 11.7. The normalized spacial score (nSPS) is 16.3. The molecule has 1 aliphatic carbocycles. The molecule has 0 amide bonds. The summed E-state index contributed by atoms with van der Waals surface area (Å²) in [6.07, 6.45) is 0. The number of carbonyl (C=O) groups is 2. The Balaban J connectivity index is 1.56. The minimum atomic E-state index is -0.617. The van der Waals surface area contributed by atoms with Crippen molar-refractivity contribution in [3.63, 3.8) is 0 Å². The SMILES string of the molecule is COC(=O)C1=C(C)NC2=C(C(=O)c3ccccc32)[C@@H]1c1ccc(OCc2cccc(C)c2)c(OC)c1. The highest BCUT2D eigenvalue weighted by molar-refractivity contribution is 6.23. The summed E-state index contributed by atoms with van der Waals surface area (Å²) in [5.41, 5.74) is 6.69. The van der Waals surface area contributed by atoms with E-state index in [0.29, 0.717) is 40.5 Å². The molecule has 1 heterocycles. The molecule has 0 radical (unpaired) electrons. The molecule has 3 aromatic carbocycles. The fourth-order valence-electron chi connectivity index (χ4n) is 4.99. The van der Waals surface area contributed by atoms with Crippen LogP contribution in [0.25, 0.3) is 5.70 Å². The highest BCUT2D eigenvalue weighted by atomic mass is 16.5. The van der Waals surface area contributed by atoms with Gasteiger partial charge in [0.1, 0.15) is 6.61 Å². The number of esters is 1. The van der Waals surface area contributed by atoms with Gasteiger partial charge < -0.3 is 19.5 Å². The van der Waals surface area contributed by atoms with Gasteiger partial charge in [-0.25, -0.2) is 4.79 Å².